The van der Waals surface area contributed by atoms with Crippen LogP contribution in [0.3, 0.4) is 0 Å². The van der Waals surface area contributed by atoms with Gasteiger partial charge in [0.05, 0.1) is 0 Å². The number of aromatic nitrogens is 2. The second-order valence-electron chi connectivity index (χ2n) is 3.17. The number of hydrogen-bond donors (Lipinski definition) is 1. The summed E-state index contributed by atoms with van der Waals surface area (Å²) in [6, 6.07) is 7.67. The molecule has 0 spiro atoms. The summed E-state index contributed by atoms with van der Waals surface area (Å²) in [6.07, 6.45) is 3.07. The Kier molecular flexibility index (Phi) is 2.49. The fourth-order valence-electron chi connectivity index (χ4n) is 1.21. The van der Waals surface area contributed by atoms with Crippen molar-refractivity contribution in [3.8, 4) is 11.6 Å². The van der Waals surface area contributed by atoms with Crippen molar-refractivity contribution in [2.75, 3.05) is 5.73 Å². The Morgan fingerprint density at radius 1 is 1.20 bits per heavy atom. The van der Waals surface area contributed by atoms with Crippen molar-refractivity contribution < 1.29 is 4.74 Å². The van der Waals surface area contributed by atoms with E-state index in [0.717, 1.165) is 5.56 Å². The predicted octanol–water partition coefficient (Wildman–Crippen LogP) is 2.16. The van der Waals surface area contributed by atoms with Crippen LogP contribution in [0.25, 0.3) is 0 Å². The number of rotatable bonds is 2. The van der Waals surface area contributed by atoms with Crippen molar-refractivity contribution in [1.29, 1.82) is 0 Å². The zero-order valence-electron chi connectivity index (χ0n) is 8.34. The average molecular weight is 201 g/mol. The number of aryl methyl sites for hydroxylation is 1. The molecular formula is C11H11N3O. The van der Waals surface area contributed by atoms with Crippen LogP contribution in [0, 0.1) is 6.92 Å². The molecule has 15 heavy (non-hydrogen) atoms. The highest BCUT2D eigenvalue weighted by atomic mass is 16.5. The minimum atomic E-state index is 0.291. The molecule has 0 radical (unpaired) electrons. The van der Waals surface area contributed by atoms with Crippen LogP contribution < -0.4 is 10.5 Å². The average Bonchev–Trinajstić information content (AvgIpc) is 2.22. The van der Waals surface area contributed by atoms with Crippen LogP contribution >= 0.6 is 0 Å². The van der Waals surface area contributed by atoms with E-state index in [1.165, 1.54) is 6.20 Å². The second kappa shape index (κ2) is 3.96. The quantitative estimate of drug-likeness (QED) is 0.808. The molecule has 0 atom stereocenters. The molecule has 2 rings (SSSR count). The third-order valence-corrected chi connectivity index (χ3v) is 1.90. The van der Waals surface area contributed by atoms with Gasteiger partial charge < -0.3 is 10.5 Å². The standard InChI is InChI=1S/C11H11N3O/c1-8-3-2-4-9(7-8)15-11-10(12)13-5-6-14-11/h2-7H,1H3,(H2,12,13). The topological polar surface area (TPSA) is 61.0 Å². The molecule has 0 saturated heterocycles. The normalized spacial score (nSPS) is 9.93. The van der Waals surface area contributed by atoms with Gasteiger partial charge in [0.25, 0.3) is 5.88 Å². The zero-order chi connectivity index (χ0) is 10.7. The van der Waals surface area contributed by atoms with Crippen molar-refractivity contribution in [2.24, 2.45) is 0 Å². The van der Waals surface area contributed by atoms with Crippen LogP contribution in [0.2, 0.25) is 0 Å². The molecule has 0 fully saturated rings. The number of nitrogens with zero attached hydrogens (tertiary/aromatic N) is 2. The number of hydrogen-bond acceptors (Lipinski definition) is 4. The summed E-state index contributed by atoms with van der Waals surface area (Å²) in [5.41, 5.74) is 6.73. The van der Waals surface area contributed by atoms with E-state index in [0.29, 0.717) is 17.4 Å². The van der Waals surface area contributed by atoms with Gasteiger partial charge in [0.15, 0.2) is 5.82 Å². The fourth-order valence-corrected chi connectivity index (χ4v) is 1.21. The minimum Gasteiger partial charge on any atom is -0.436 e. The first-order valence-electron chi connectivity index (χ1n) is 4.57. The third kappa shape index (κ3) is 2.22. The van der Waals surface area contributed by atoms with E-state index in [-0.39, 0.29) is 0 Å². The molecule has 0 aliphatic heterocycles. The molecule has 1 aromatic heterocycles. The molecule has 0 saturated carbocycles. The third-order valence-electron chi connectivity index (χ3n) is 1.90. The van der Waals surface area contributed by atoms with Gasteiger partial charge in [-0.3, -0.25) is 0 Å². The van der Waals surface area contributed by atoms with Crippen LogP contribution in [0.15, 0.2) is 36.7 Å². The maximum Gasteiger partial charge on any atom is 0.262 e. The number of nitrogens with two attached hydrogens (primary N) is 1. The number of nitrogen functional groups attached to an aromatic ring is 1. The Morgan fingerprint density at radius 3 is 2.73 bits per heavy atom. The maximum atomic E-state index is 5.61. The van der Waals surface area contributed by atoms with Crippen LogP contribution in [-0.4, -0.2) is 9.97 Å². The first-order valence-corrected chi connectivity index (χ1v) is 4.57. The van der Waals surface area contributed by atoms with E-state index in [4.69, 9.17) is 10.5 Å². The molecule has 4 heteroatoms. The van der Waals surface area contributed by atoms with Crippen molar-refractivity contribution in [3.05, 3.63) is 42.2 Å². The molecule has 2 N–H and O–H groups in total. The second-order valence-corrected chi connectivity index (χ2v) is 3.17. The highest BCUT2D eigenvalue weighted by molar-refractivity contribution is 5.42. The van der Waals surface area contributed by atoms with Gasteiger partial charge in [0.2, 0.25) is 0 Å². The Balaban J connectivity index is 2.26. The number of ether oxygens (including phenoxy) is 1. The van der Waals surface area contributed by atoms with E-state index in [1.807, 2.05) is 31.2 Å². The monoisotopic (exact) mass is 201 g/mol. The SMILES string of the molecule is Cc1cccc(Oc2nccnc2N)c1. The van der Waals surface area contributed by atoms with E-state index in [9.17, 15) is 0 Å². The summed E-state index contributed by atoms with van der Waals surface area (Å²) in [7, 11) is 0. The van der Waals surface area contributed by atoms with Gasteiger partial charge in [0.1, 0.15) is 5.75 Å². The summed E-state index contributed by atoms with van der Waals surface area (Å²) in [4.78, 5) is 7.88. The van der Waals surface area contributed by atoms with Gasteiger partial charge in [0, 0.05) is 12.4 Å². The van der Waals surface area contributed by atoms with Crippen molar-refractivity contribution in [3.63, 3.8) is 0 Å². The summed E-state index contributed by atoms with van der Waals surface area (Å²) in [5.74, 6) is 1.34. The molecule has 0 unspecified atom stereocenters. The van der Waals surface area contributed by atoms with E-state index in [1.54, 1.807) is 6.20 Å². The van der Waals surface area contributed by atoms with Crippen molar-refractivity contribution in [1.82, 2.24) is 9.97 Å². The Labute approximate surface area is 87.7 Å². The van der Waals surface area contributed by atoms with E-state index < -0.39 is 0 Å². The molecule has 2 aromatic rings. The van der Waals surface area contributed by atoms with Gasteiger partial charge in [-0.1, -0.05) is 12.1 Å². The van der Waals surface area contributed by atoms with Crippen molar-refractivity contribution in [2.45, 2.75) is 6.92 Å². The molecule has 1 heterocycles. The first-order chi connectivity index (χ1) is 7.25. The van der Waals surface area contributed by atoms with Crippen LogP contribution in [-0.2, 0) is 0 Å². The summed E-state index contributed by atoms with van der Waals surface area (Å²) in [6.45, 7) is 1.99. The van der Waals surface area contributed by atoms with Crippen LogP contribution in [0.5, 0.6) is 11.6 Å². The van der Waals surface area contributed by atoms with Crippen LogP contribution in [0.1, 0.15) is 5.56 Å². The lowest BCUT2D eigenvalue weighted by Crippen LogP contribution is -1.96. The van der Waals surface area contributed by atoms with Gasteiger partial charge >= 0.3 is 0 Å². The summed E-state index contributed by atoms with van der Waals surface area (Å²) >= 11 is 0. The van der Waals surface area contributed by atoms with Crippen LogP contribution in [0.4, 0.5) is 5.82 Å². The fraction of sp³-hybridized carbons (Fsp3) is 0.0909. The van der Waals surface area contributed by atoms with Crippen molar-refractivity contribution >= 4 is 5.82 Å². The smallest absolute Gasteiger partial charge is 0.262 e. The lowest BCUT2D eigenvalue weighted by Gasteiger charge is -2.06. The largest absolute Gasteiger partial charge is 0.436 e. The molecule has 76 valence electrons. The summed E-state index contributed by atoms with van der Waals surface area (Å²) in [5, 5.41) is 0. The summed E-state index contributed by atoms with van der Waals surface area (Å²) < 4.78 is 5.49. The van der Waals surface area contributed by atoms with Gasteiger partial charge in [-0.2, -0.15) is 0 Å². The highest BCUT2D eigenvalue weighted by Gasteiger charge is 2.03. The molecule has 0 amide bonds. The molecular weight excluding hydrogens is 190 g/mol. The minimum absolute atomic E-state index is 0.291. The van der Waals surface area contributed by atoms with Gasteiger partial charge in [-0.15, -0.1) is 0 Å². The van der Waals surface area contributed by atoms with Gasteiger partial charge in [-0.05, 0) is 24.6 Å². The zero-order valence-corrected chi connectivity index (χ0v) is 8.34. The van der Waals surface area contributed by atoms with Gasteiger partial charge in [-0.25, -0.2) is 9.97 Å². The maximum absolute atomic E-state index is 5.61. The number of anilines is 1. The molecule has 0 aliphatic carbocycles. The highest BCUT2D eigenvalue weighted by Crippen LogP contribution is 2.23. The Morgan fingerprint density at radius 2 is 2.00 bits per heavy atom. The lowest BCUT2D eigenvalue weighted by atomic mass is 10.2. The molecule has 0 aliphatic rings. The first kappa shape index (κ1) is 9.45. The molecule has 0 bridgehead atoms. The van der Waals surface area contributed by atoms with E-state index in [2.05, 4.69) is 9.97 Å². The lowest BCUT2D eigenvalue weighted by molar-refractivity contribution is 0.463. The van der Waals surface area contributed by atoms with E-state index >= 15 is 0 Å². The molecule has 1 aromatic carbocycles. The predicted molar refractivity (Wildman–Crippen MR) is 57.7 cm³/mol. The Bertz CT molecular complexity index is 471. The molecule has 4 nitrogen and oxygen atoms in total. The Hall–Kier alpha value is -2.10. The number of benzene rings is 1.